The summed E-state index contributed by atoms with van der Waals surface area (Å²) < 4.78 is 59.2. The molecule has 36 heavy (non-hydrogen) atoms. The molecule has 3 rings (SSSR count). The Morgan fingerprint density at radius 2 is 1.75 bits per heavy atom. The lowest BCUT2D eigenvalue weighted by Crippen LogP contribution is -2.57. The smallest absolute Gasteiger partial charge is 0.335 e. The largest absolute Gasteiger partial charge is 0.493 e. The molecule has 0 saturated carbocycles. The van der Waals surface area contributed by atoms with E-state index in [-0.39, 0.29) is 54.4 Å². The van der Waals surface area contributed by atoms with E-state index in [1.807, 2.05) is 13.8 Å². The number of ether oxygens (including phenoxy) is 1. The van der Waals surface area contributed by atoms with E-state index < -0.39 is 33.0 Å². The van der Waals surface area contributed by atoms with Crippen LogP contribution in [0.15, 0.2) is 47.4 Å². The van der Waals surface area contributed by atoms with Crippen LogP contribution in [0.4, 0.5) is 8.78 Å². The van der Waals surface area contributed by atoms with Gasteiger partial charge in [-0.2, -0.15) is 4.31 Å². The van der Waals surface area contributed by atoms with Crippen molar-refractivity contribution >= 4 is 21.9 Å². The first-order chi connectivity index (χ1) is 16.8. The third kappa shape index (κ3) is 6.19. The molecular formula is C25H30F2N2O6S. The van der Waals surface area contributed by atoms with Crippen molar-refractivity contribution in [1.82, 2.24) is 9.21 Å². The quantitative estimate of drug-likeness (QED) is 0.501. The first kappa shape index (κ1) is 27.5. The molecule has 1 heterocycles. The topological polar surface area (TPSA) is 104 Å². The van der Waals surface area contributed by atoms with Crippen LogP contribution in [0.1, 0.15) is 44.0 Å². The third-order valence-electron chi connectivity index (χ3n) is 6.27. The average Bonchev–Trinajstić information content (AvgIpc) is 2.83. The Hall–Kier alpha value is -3.05. The van der Waals surface area contributed by atoms with Gasteiger partial charge < -0.3 is 14.7 Å². The number of carboxylic acid groups (broad SMARTS) is 1. The molecule has 8 nitrogen and oxygen atoms in total. The molecule has 11 heteroatoms. The van der Waals surface area contributed by atoms with Gasteiger partial charge in [-0.15, -0.1) is 0 Å². The van der Waals surface area contributed by atoms with E-state index >= 15 is 0 Å². The number of nitrogens with zero attached hydrogens (tertiary/aromatic N) is 2. The number of benzene rings is 2. The van der Waals surface area contributed by atoms with E-state index in [2.05, 4.69) is 0 Å². The lowest BCUT2D eigenvalue weighted by atomic mass is 9.85. The zero-order valence-electron chi connectivity index (χ0n) is 20.4. The molecule has 196 valence electrons. The maximum atomic E-state index is 13.3. The number of piperazine rings is 1. The van der Waals surface area contributed by atoms with Crippen LogP contribution >= 0.6 is 0 Å². The lowest BCUT2D eigenvalue weighted by molar-refractivity contribution is -0.144. The number of hydrogen-bond donors (Lipinski definition) is 1. The van der Waals surface area contributed by atoms with Crippen LogP contribution in [0.25, 0.3) is 0 Å². The summed E-state index contributed by atoms with van der Waals surface area (Å²) in [5.74, 6) is -2.98. The molecule has 0 spiro atoms. The Bertz CT molecular complexity index is 1220. The number of hydrogen-bond acceptors (Lipinski definition) is 5. The van der Waals surface area contributed by atoms with Crippen molar-refractivity contribution < 1.29 is 36.6 Å². The number of carbonyl (C=O) groups is 2. The van der Waals surface area contributed by atoms with Crippen molar-refractivity contribution in [1.29, 1.82) is 0 Å². The van der Waals surface area contributed by atoms with Crippen LogP contribution in [-0.4, -0.2) is 66.9 Å². The van der Waals surface area contributed by atoms with Crippen LogP contribution in [0.2, 0.25) is 0 Å². The fourth-order valence-corrected chi connectivity index (χ4v) is 5.64. The summed E-state index contributed by atoms with van der Waals surface area (Å²) in [5, 5.41) is 9.02. The number of aromatic carboxylic acids is 1. The van der Waals surface area contributed by atoms with Gasteiger partial charge >= 0.3 is 5.97 Å². The first-order valence-corrected chi connectivity index (χ1v) is 13.0. The molecule has 1 aliphatic heterocycles. The highest BCUT2D eigenvalue weighted by molar-refractivity contribution is 7.89. The van der Waals surface area contributed by atoms with Crippen LogP contribution in [-0.2, 0) is 14.8 Å². The van der Waals surface area contributed by atoms with E-state index in [4.69, 9.17) is 9.84 Å². The number of carbonyl (C=O) groups excluding carboxylic acids is 1. The van der Waals surface area contributed by atoms with Gasteiger partial charge in [-0.1, -0.05) is 13.8 Å². The second-order valence-corrected chi connectivity index (χ2v) is 11.4. The fourth-order valence-electron chi connectivity index (χ4n) is 4.13. The SMILES string of the molecule is CC1CN(S(=O)(=O)c2ccc(C(=O)O)cc2)CCN1C(=O)C(C)(C)CCCOc1ccc(F)c(F)c1. The maximum absolute atomic E-state index is 13.3. The molecule has 0 aliphatic carbocycles. The maximum Gasteiger partial charge on any atom is 0.335 e. The molecule has 0 bridgehead atoms. The van der Waals surface area contributed by atoms with E-state index in [0.717, 1.165) is 12.1 Å². The molecule has 2 aromatic carbocycles. The molecule has 1 amide bonds. The number of rotatable bonds is 9. The van der Waals surface area contributed by atoms with Crippen molar-refractivity contribution in [3.8, 4) is 5.75 Å². The van der Waals surface area contributed by atoms with Crippen LogP contribution < -0.4 is 4.74 Å². The zero-order valence-corrected chi connectivity index (χ0v) is 21.2. The van der Waals surface area contributed by atoms with Gasteiger partial charge in [-0.25, -0.2) is 22.0 Å². The Balaban J connectivity index is 1.55. The van der Waals surface area contributed by atoms with Crippen molar-refractivity contribution in [2.24, 2.45) is 5.41 Å². The summed E-state index contributed by atoms with van der Waals surface area (Å²) in [6.07, 6.45) is 0.990. The highest BCUT2D eigenvalue weighted by Crippen LogP contribution is 2.29. The number of amides is 1. The van der Waals surface area contributed by atoms with E-state index in [0.29, 0.717) is 12.8 Å². The summed E-state index contributed by atoms with van der Waals surface area (Å²) in [6, 6.07) is 7.97. The molecule has 1 aliphatic rings. The first-order valence-electron chi connectivity index (χ1n) is 11.6. The minimum Gasteiger partial charge on any atom is -0.493 e. The minimum atomic E-state index is -3.84. The monoisotopic (exact) mass is 524 g/mol. The van der Waals surface area contributed by atoms with Gasteiger partial charge in [0.05, 0.1) is 17.1 Å². The number of sulfonamides is 1. The van der Waals surface area contributed by atoms with Gasteiger partial charge in [0.25, 0.3) is 0 Å². The minimum absolute atomic E-state index is 0.000780. The van der Waals surface area contributed by atoms with Crippen LogP contribution in [0.5, 0.6) is 5.75 Å². The van der Waals surface area contributed by atoms with E-state index in [1.54, 1.807) is 11.8 Å². The number of halogens is 2. The Labute approximate surface area is 209 Å². The zero-order chi connectivity index (χ0) is 26.7. The normalized spacial score (nSPS) is 17.1. The van der Waals surface area contributed by atoms with Gasteiger partial charge in [0, 0.05) is 37.2 Å². The van der Waals surface area contributed by atoms with E-state index in [1.165, 1.54) is 34.6 Å². The van der Waals surface area contributed by atoms with Gasteiger partial charge in [0.2, 0.25) is 15.9 Å². The van der Waals surface area contributed by atoms with Gasteiger partial charge in [-0.05, 0) is 56.2 Å². The molecular weight excluding hydrogens is 494 g/mol. The Kier molecular flexibility index (Phi) is 8.35. The highest BCUT2D eigenvalue weighted by Gasteiger charge is 2.39. The van der Waals surface area contributed by atoms with Gasteiger partial charge in [0.1, 0.15) is 5.75 Å². The molecule has 0 aromatic heterocycles. The van der Waals surface area contributed by atoms with Crippen molar-refractivity contribution in [2.75, 3.05) is 26.2 Å². The Morgan fingerprint density at radius 1 is 1.08 bits per heavy atom. The van der Waals surface area contributed by atoms with Crippen molar-refractivity contribution in [2.45, 2.75) is 44.6 Å². The van der Waals surface area contributed by atoms with E-state index in [9.17, 15) is 26.8 Å². The summed E-state index contributed by atoms with van der Waals surface area (Å²) in [6.45, 7) is 6.10. The summed E-state index contributed by atoms with van der Waals surface area (Å²) in [4.78, 5) is 26.0. The predicted molar refractivity (Wildman–Crippen MR) is 128 cm³/mol. The summed E-state index contributed by atoms with van der Waals surface area (Å²) >= 11 is 0. The van der Waals surface area contributed by atoms with Crippen LogP contribution in [0, 0.1) is 17.0 Å². The lowest BCUT2D eigenvalue weighted by Gasteiger charge is -2.42. The standard InChI is InChI=1S/C25H30F2N2O6S/c1-17-16-28(36(33,34)20-8-5-18(6-9-20)23(30)31)12-13-29(17)24(32)25(2,3)11-4-14-35-19-7-10-21(26)22(27)15-19/h5-10,15,17H,4,11-14,16H2,1-3H3,(H,30,31). The molecule has 2 aromatic rings. The van der Waals surface area contributed by atoms with Crippen molar-refractivity contribution in [3.05, 3.63) is 59.7 Å². The third-order valence-corrected chi connectivity index (χ3v) is 8.15. The predicted octanol–water partition coefficient (Wildman–Crippen LogP) is 3.77. The van der Waals surface area contributed by atoms with Gasteiger partial charge in [0.15, 0.2) is 11.6 Å². The molecule has 1 N–H and O–H groups in total. The summed E-state index contributed by atoms with van der Waals surface area (Å²) in [7, 11) is -3.84. The van der Waals surface area contributed by atoms with Crippen LogP contribution in [0.3, 0.4) is 0 Å². The fraction of sp³-hybridized carbons (Fsp3) is 0.440. The molecule has 0 radical (unpaired) electrons. The van der Waals surface area contributed by atoms with Gasteiger partial charge in [-0.3, -0.25) is 4.79 Å². The highest BCUT2D eigenvalue weighted by atomic mass is 32.2. The molecule has 1 saturated heterocycles. The molecule has 1 atom stereocenters. The second-order valence-electron chi connectivity index (χ2n) is 9.45. The summed E-state index contributed by atoms with van der Waals surface area (Å²) in [5.41, 5.74) is -0.741. The molecule has 1 fully saturated rings. The Morgan fingerprint density at radius 3 is 2.33 bits per heavy atom. The second kappa shape index (κ2) is 10.9. The van der Waals surface area contributed by atoms with Crippen molar-refractivity contribution in [3.63, 3.8) is 0 Å². The molecule has 1 unspecified atom stereocenters. The number of carboxylic acids is 1. The average molecular weight is 525 g/mol.